The number of nitrogens with zero attached hydrogens (tertiary/aromatic N) is 2. The minimum absolute atomic E-state index is 0. The summed E-state index contributed by atoms with van der Waals surface area (Å²) in [6, 6.07) is 0. The third kappa shape index (κ3) is 0.853. The quantitative estimate of drug-likeness (QED) is 0.658. The number of halogens is 1. The first-order valence-electron chi connectivity index (χ1n) is 2.54. The van der Waals surface area contributed by atoms with E-state index in [9.17, 15) is 0 Å². The molecular weight excluding hydrogens is 170 g/mol. The molecule has 2 N–H and O–H groups in total. The number of rotatable bonds is 0. The summed E-state index contributed by atoms with van der Waals surface area (Å²) in [6.45, 7) is 0. The number of nitrogen functional groups attached to an aromatic ring is 1. The van der Waals surface area contributed by atoms with Crippen LogP contribution >= 0.6 is 23.7 Å². The Bertz CT molecular complexity index is 326. The van der Waals surface area contributed by atoms with E-state index in [1.54, 1.807) is 22.0 Å². The zero-order chi connectivity index (χ0) is 6.27. The fourth-order valence-corrected chi connectivity index (χ4v) is 1.45. The predicted octanol–water partition coefficient (Wildman–Crippen LogP) is 1.40. The van der Waals surface area contributed by atoms with Gasteiger partial charge < -0.3 is 5.73 Å². The number of nitrogens with two attached hydrogens (primary N) is 1. The van der Waals surface area contributed by atoms with Crippen LogP contribution in [0.1, 0.15) is 0 Å². The first-order valence-corrected chi connectivity index (χ1v) is 3.42. The molecule has 2 aromatic heterocycles. The van der Waals surface area contributed by atoms with Crippen LogP contribution in [-0.2, 0) is 0 Å². The minimum Gasteiger partial charge on any atom is -0.395 e. The minimum atomic E-state index is 0. The molecule has 0 saturated heterocycles. The Morgan fingerprint density at radius 3 is 3.10 bits per heavy atom. The van der Waals surface area contributed by atoms with E-state index >= 15 is 0 Å². The van der Waals surface area contributed by atoms with Crippen LogP contribution in [0.25, 0.3) is 4.83 Å². The second-order valence-corrected chi connectivity index (χ2v) is 2.65. The van der Waals surface area contributed by atoms with Gasteiger partial charge >= 0.3 is 0 Å². The van der Waals surface area contributed by atoms with E-state index in [0.29, 0.717) is 0 Å². The first kappa shape index (κ1) is 7.37. The van der Waals surface area contributed by atoms with Gasteiger partial charge in [0.15, 0.2) is 0 Å². The summed E-state index contributed by atoms with van der Waals surface area (Å²) in [7, 11) is 0. The molecule has 2 heterocycles. The van der Waals surface area contributed by atoms with Crippen molar-refractivity contribution in [1.29, 1.82) is 0 Å². The van der Waals surface area contributed by atoms with Crippen molar-refractivity contribution in [2.75, 3.05) is 5.73 Å². The smallest absolute Gasteiger partial charge is 0.142 e. The summed E-state index contributed by atoms with van der Waals surface area (Å²) in [5.74, 6) is 0. The molecule has 5 heteroatoms. The lowest BCUT2D eigenvalue weighted by Gasteiger charge is -1.77. The summed E-state index contributed by atoms with van der Waals surface area (Å²) >= 11 is 1.60. The molecule has 0 bridgehead atoms. The number of thiazole rings is 1. The van der Waals surface area contributed by atoms with Crippen molar-refractivity contribution in [3.05, 3.63) is 17.8 Å². The summed E-state index contributed by atoms with van der Waals surface area (Å²) in [4.78, 5) is 1.02. The number of fused-ring (bicyclic) bond motifs is 1. The molecule has 0 aliphatic rings. The monoisotopic (exact) mass is 175 g/mol. The summed E-state index contributed by atoms with van der Waals surface area (Å²) in [5.41, 5.74) is 6.30. The maximum atomic E-state index is 5.55. The molecule has 0 aliphatic carbocycles. The third-order valence-electron chi connectivity index (χ3n) is 1.16. The number of hydrogen-bond donors (Lipinski definition) is 1. The van der Waals surface area contributed by atoms with Gasteiger partial charge in [-0.25, -0.2) is 4.52 Å². The second-order valence-electron chi connectivity index (χ2n) is 1.75. The van der Waals surface area contributed by atoms with Gasteiger partial charge in [0.05, 0.1) is 11.9 Å². The zero-order valence-electron chi connectivity index (χ0n) is 5.02. The van der Waals surface area contributed by atoms with Crippen LogP contribution in [0.3, 0.4) is 0 Å². The fourth-order valence-electron chi connectivity index (χ4n) is 0.745. The van der Waals surface area contributed by atoms with E-state index in [1.165, 1.54) is 0 Å². The number of aromatic nitrogens is 2. The van der Waals surface area contributed by atoms with Crippen LogP contribution in [0.5, 0.6) is 0 Å². The van der Waals surface area contributed by atoms with Crippen LogP contribution in [0.4, 0.5) is 5.69 Å². The van der Waals surface area contributed by atoms with E-state index in [1.807, 2.05) is 11.6 Å². The number of anilines is 1. The van der Waals surface area contributed by atoms with Crippen LogP contribution in [0, 0.1) is 0 Å². The molecule has 0 saturated carbocycles. The highest BCUT2D eigenvalue weighted by Crippen LogP contribution is 2.17. The topological polar surface area (TPSA) is 43.3 Å². The van der Waals surface area contributed by atoms with E-state index in [-0.39, 0.29) is 12.4 Å². The van der Waals surface area contributed by atoms with Crippen molar-refractivity contribution >= 4 is 34.3 Å². The molecule has 10 heavy (non-hydrogen) atoms. The van der Waals surface area contributed by atoms with Gasteiger partial charge in [-0.15, -0.1) is 23.7 Å². The molecule has 2 aromatic rings. The first-order chi connectivity index (χ1) is 4.38. The van der Waals surface area contributed by atoms with Gasteiger partial charge in [0.25, 0.3) is 0 Å². The average molecular weight is 176 g/mol. The van der Waals surface area contributed by atoms with Crippen molar-refractivity contribution in [3.63, 3.8) is 0 Å². The van der Waals surface area contributed by atoms with Gasteiger partial charge in [0.2, 0.25) is 0 Å². The van der Waals surface area contributed by atoms with Crippen molar-refractivity contribution in [2.45, 2.75) is 0 Å². The van der Waals surface area contributed by atoms with Crippen molar-refractivity contribution in [3.8, 4) is 0 Å². The van der Waals surface area contributed by atoms with Crippen molar-refractivity contribution < 1.29 is 0 Å². The molecule has 2 rings (SSSR count). The van der Waals surface area contributed by atoms with Gasteiger partial charge in [-0.05, 0) is 0 Å². The fraction of sp³-hybridized carbons (Fsp3) is 0. The van der Waals surface area contributed by atoms with E-state index in [4.69, 9.17) is 5.73 Å². The Morgan fingerprint density at radius 2 is 2.40 bits per heavy atom. The zero-order valence-corrected chi connectivity index (χ0v) is 6.65. The maximum Gasteiger partial charge on any atom is 0.142 e. The molecule has 0 aromatic carbocycles. The highest BCUT2D eigenvalue weighted by Gasteiger charge is 1.97. The summed E-state index contributed by atoms with van der Waals surface area (Å²) < 4.78 is 1.76. The maximum absolute atomic E-state index is 5.55. The molecule has 0 amide bonds. The Hall–Kier alpha value is -0.740. The van der Waals surface area contributed by atoms with Crippen LogP contribution < -0.4 is 5.73 Å². The van der Waals surface area contributed by atoms with E-state index in [2.05, 4.69) is 5.10 Å². The van der Waals surface area contributed by atoms with Crippen LogP contribution in [0.15, 0.2) is 17.8 Å². The van der Waals surface area contributed by atoms with E-state index in [0.717, 1.165) is 10.5 Å². The SMILES string of the molecule is Cl.Nc1cnn2ccsc12. The second kappa shape index (κ2) is 2.48. The molecule has 0 fully saturated rings. The Morgan fingerprint density at radius 1 is 1.60 bits per heavy atom. The standard InChI is InChI=1S/C5H5N3S.ClH/c6-4-3-7-8-1-2-9-5(4)8;/h1-3H,6H2;1H. The molecule has 0 radical (unpaired) electrons. The lowest BCUT2D eigenvalue weighted by molar-refractivity contribution is 0.978. The van der Waals surface area contributed by atoms with Crippen LogP contribution in [0.2, 0.25) is 0 Å². The highest BCUT2D eigenvalue weighted by molar-refractivity contribution is 7.16. The van der Waals surface area contributed by atoms with Gasteiger partial charge in [-0.2, -0.15) is 5.10 Å². The summed E-state index contributed by atoms with van der Waals surface area (Å²) in [5, 5.41) is 5.94. The molecule has 0 unspecified atom stereocenters. The normalized spacial score (nSPS) is 9.60. The predicted molar refractivity (Wildman–Crippen MR) is 44.7 cm³/mol. The van der Waals surface area contributed by atoms with Crippen LogP contribution in [-0.4, -0.2) is 9.61 Å². The number of hydrogen-bond acceptors (Lipinski definition) is 3. The van der Waals surface area contributed by atoms with Crippen molar-refractivity contribution in [2.24, 2.45) is 0 Å². The summed E-state index contributed by atoms with van der Waals surface area (Å²) in [6.07, 6.45) is 3.54. The van der Waals surface area contributed by atoms with E-state index < -0.39 is 0 Å². The molecule has 3 nitrogen and oxygen atoms in total. The molecule has 0 aliphatic heterocycles. The Kier molecular flexibility index (Phi) is 1.82. The molecule has 0 atom stereocenters. The third-order valence-corrected chi connectivity index (χ3v) is 2.06. The molecule has 54 valence electrons. The lowest BCUT2D eigenvalue weighted by atomic mass is 10.6. The molecule has 0 spiro atoms. The van der Waals surface area contributed by atoms with Crippen molar-refractivity contribution in [1.82, 2.24) is 9.61 Å². The van der Waals surface area contributed by atoms with Gasteiger partial charge in [0.1, 0.15) is 4.83 Å². The Labute approximate surface area is 67.9 Å². The Balaban J connectivity index is 0.000000500. The largest absolute Gasteiger partial charge is 0.395 e. The van der Waals surface area contributed by atoms with Gasteiger partial charge in [-0.3, -0.25) is 0 Å². The molecular formula is C5H6ClN3S. The van der Waals surface area contributed by atoms with Gasteiger partial charge in [-0.1, -0.05) is 0 Å². The van der Waals surface area contributed by atoms with Gasteiger partial charge in [0, 0.05) is 11.6 Å². The lowest BCUT2D eigenvalue weighted by Crippen LogP contribution is -1.78. The average Bonchev–Trinajstić information content (AvgIpc) is 2.35. The highest BCUT2D eigenvalue weighted by atomic mass is 35.5.